The predicted molar refractivity (Wildman–Crippen MR) is 138 cm³/mol. The van der Waals surface area contributed by atoms with Crippen molar-refractivity contribution >= 4 is 26.7 Å². The van der Waals surface area contributed by atoms with Gasteiger partial charge >= 0.3 is 0 Å². The quantitative estimate of drug-likeness (QED) is 0.399. The van der Waals surface area contributed by atoms with Gasteiger partial charge in [0.2, 0.25) is 5.88 Å². The first-order valence-corrected chi connectivity index (χ1v) is 13.1. The summed E-state index contributed by atoms with van der Waals surface area (Å²) in [5.41, 5.74) is 3.87. The van der Waals surface area contributed by atoms with E-state index in [1.165, 1.54) is 24.7 Å². The van der Waals surface area contributed by atoms with E-state index in [1.807, 2.05) is 19.1 Å². The number of sulfonamides is 1. The largest absolute Gasteiger partial charge is 0.473 e. The number of nitrogens with one attached hydrogen (secondary N) is 1. The zero-order valence-corrected chi connectivity index (χ0v) is 20.6. The SMILES string of the molecule is C=C(C)N1CCC(Oc2ncnc3ccc(-c4cncc(NS(=O)(=O)c5ccccc5)c4)nc23)CC1. The average molecular weight is 503 g/mol. The molecule has 1 aliphatic rings. The van der Waals surface area contributed by atoms with Crippen LogP contribution in [0.3, 0.4) is 0 Å². The molecule has 4 heterocycles. The summed E-state index contributed by atoms with van der Waals surface area (Å²) < 4.78 is 34.3. The lowest BCUT2D eigenvalue weighted by atomic mass is 10.1. The topological polar surface area (TPSA) is 110 Å². The maximum Gasteiger partial charge on any atom is 0.261 e. The van der Waals surface area contributed by atoms with E-state index in [1.54, 1.807) is 30.5 Å². The van der Waals surface area contributed by atoms with Crippen LogP contribution in [0.15, 0.2) is 84.4 Å². The van der Waals surface area contributed by atoms with Gasteiger partial charge in [0, 0.05) is 43.4 Å². The molecule has 1 saturated heterocycles. The highest BCUT2D eigenvalue weighted by molar-refractivity contribution is 7.92. The van der Waals surface area contributed by atoms with Gasteiger partial charge in [-0.1, -0.05) is 24.8 Å². The number of piperidine rings is 1. The summed E-state index contributed by atoms with van der Waals surface area (Å²) in [6.45, 7) is 7.81. The number of hydrogen-bond donors (Lipinski definition) is 1. The van der Waals surface area contributed by atoms with Crippen molar-refractivity contribution in [3.8, 4) is 17.1 Å². The van der Waals surface area contributed by atoms with Gasteiger partial charge in [-0.05, 0) is 37.3 Å². The highest BCUT2D eigenvalue weighted by atomic mass is 32.2. The molecule has 4 aromatic rings. The molecule has 36 heavy (non-hydrogen) atoms. The van der Waals surface area contributed by atoms with Crippen LogP contribution in [-0.2, 0) is 10.0 Å². The third-order valence-corrected chi connectivity index (χ3v) is 7.45. The number of rotatable bonds is 7. The van der Waals surface area contributed by atoms with Gasteiger partial charge in [0.05, 0.1) is 28.0 Å². The lowest BCUT2D eigenvalue weighted by molar-refractivity contribution is 0.114. The van der Waals surface area contributed by atoms with Gasteiger partial charge in [-0.3, -0.25) is 9.71 Å². The molecule has 3 aromatic heterocycles. The van der Waals surface area contributed by atoms with Crippen molar-refractivity contribution in [2.75, 3.05) is 17.8 Å². The van der Waals surface area contributed by atoms with Gasteiger partial charge < -0.3 is 9.64 Å². The minimum Gasteiger partial charge on any atom is -0.473 e. The van der Waals surface area contributed by atoms with Crippen molar-refractivity contribution in [2.24, 2.45) is 0 Å². The molecule has 0 spiro atoms. The maximum absolute atomic E-state index is 12.7. The molecule has 1 aliphatic heterocycles. The number of anilines is 1. The lowest BCUT2D eigenvalue weighted by Crippen LogP contribution is -2.37. The Morgan fingerprint density at radius 2 is 1.86 bits per heavy atom. The van der Waals surface area contributed by atoms with Crippen molar-refractivity contribution in [3.05, 3.63) is 79.5 Å². The average Bonchev–Trinajstić information content (AvgIpc) is 2.89. The van der Waals surface area contributed by atoms with Crippen LogP contribution < -0.4 is 9.46 Å². The summed E-state index contributed by atoms with van der Waals surface area (Å²) in [6, 6.07) is 13.5. The van der Waals surface area contributed by atoms with Crippen molar-refractivity contribution in [3.63, 3.8) is 0 Å². The Labute approximate surface area is 210 Å². The standard InChI is InChI=1S/C26H26N6O3S/c1-18(2)32-12-10-21(11-13-32)35-26-25-24(28-17-29-26)9-8-23(30-25)19-14-20(16-27-15-19)31-36(33,34)22-6-4-3-5-7-22/h3-9,14-17,21,31H,1,10-13H2,2H3. The van der Waals surface area contributed by atoms with Gasteiger partial charge in [-0.2, -0.15) is 4.98 Å². The van der Waals surface area contributed by atoms with Crippen molar-refractivity contribution in [1.82, 2.24) is 24.8 Å². The number of likely N-dealkylation sites (tertiary alicyclic amines) is 1. The number of fused-ring (bicyclic) bond motifs is 1. The van der Waals surface area contributed by atoms with Gasteiger partial charge in [0.1, 0.15) is 12.4 Å². The normalized spacial score (nSPS) is 14.5. The fraction of sp³-hybridized carbons (Fsp3) is 0.231. The molecule has 1 fully saturated rings. The Hall–Kier alpha value is -4.05. The Bertz CT molecular complexity index is 1500. The van der Waals surface area contributed by atoms with Crippen LogP contribution in [0, 0.1) is 0 Å². The summed E-state index contributed by atoms with van der Waals surface area (Å²) in [7, 11) is -3.74. The van der Waals surface area contributed by atoms with Crippen LogP contribution in [0.4, 0.5) is 5.69 Å². The number of aromatic nitrogens is 4. The van der Waals surface area contributed by atoms with E-state index >= 15 is 0 Å². The summed E-state index contributed by atoms with van der Waals surface area (Å²) in [4.78, 5) is 20.1. The minimum atomic E-state index is -3.74. The van der Waals surface area contributed by atoms with E-state index in [-0.39, 0.29) is 11.0 Å². The Morgan fingerprint density at radius 3 is 2.61 bits per heavy atom. The van der Waals surface area contributed by atoms with Gasteiger partial charge in [0.25, 0.3) is 10.0 Å². The second kappa shape index (κ2) is 9.90. The number of hydrogen-bond acceptors (Lipinski definition) is 8. The first-order chi connectivity index (χ1) is 17.4. The first kappa shape index (κ1) is 23.7. The predicted octanol–water partition coefficient (Wildman–Crippen LogP) is 4.26. The summed E-state index contributed by atoms with van der Waals surface area (Å²) >= 11 is 0. The highest BCUT2D eigenvalue weighted by Crippen LogP contribution is 2.28. The number of allylic oxidation sites excluding steroid dienone is 1. The van der Waals surface area contributed by atoms with Crippen molar-refractivity contribution < 1.29 is 13.2 Å². The Morgan fingerprint density at radius 1 is 1.08 bits per heavy atom. The molecule has 0 amide bonds. The first-order valence-electron chi connectivity index (χ1n) is 11.6. The minimum absolute atomic E-state index is 0.0292. The highest BCUT2D eigenvalue weighted by Gasteiger charge is 2.22. The van der Waals surface area contributed by atoms with Crippen LogP contribution >= 0.6 is 0 Å². The van der Waals surface area contributed by atoms with E-state index < -0.39 is 10.0 Å². The molecule has 0 bridgehead atoms. The Kier molecular flexibility index (Phi) is 6.51. The van der Waals surface area contributed by atoms with Gasteiger partial charge in [0.15, 0.2) is 5.52 Å². The molecule has 0 unspecified atom stereocenters. The molecule has 5 rings (SSSR count). The number of nitrogens with zero attached hydrogens (tertiary/aromatic N) is 5. The Balaban J connectivity index is 1.40. The molecule has 9 nitrogen and oxygen atoms in total. The third kappa shape index (κ3) is 5.13. The van der Waals surface area contributed by atoms with E-state index in [4.69, 9.17) is 9.72 Å². The van der Waals surface area contributed by atoms with Crippen molar-refractivity contribution in [2.45, 2.75) is 30.8 Å². The van der Waals surface area contributed by atoms with E-state index in [0.717, 1.165) is 31.6 Å². The lowest BCUT2D eigenvalue weighted by Gasteiger charge is -2.33. The zero-order chi connectivity index (χ0) is 25.1. The van der Waals surface area contributed by atoms with Gasteiger partial charge in [-0.25, -0.2) is 18.4 Å². The molecule has 1 aromatic carbocycles. The molecule has 0 radical (unpaired) electrons. The molecular weight excluding hydrogens is 476 g/mol. The third-order valence-electron chi connectivity index (χ3n) is 6.05. The van der Waals surface area contributed by atoms with Crippen molar-refractivity contribution in [1.29, 1.82) is 0 Å². The maximum atomic E-state index is 12.7. The summed E-state index contributed by atoms with van der Waals surface area (Å²) in [6.07, 6.45) is 6.33. The second-order valence-electron chi connectivity index (χ2n) is 8.66. The number of ether oxygens (including phenoxy) is 1. The molecule has 0 aliphatic carbocycles. The number of pyridine rings is 2. The van der Waals surface area contributed by atoms with E-state index in [0.29, 0.717) is 33.9 Å². The monoisotopic (exact) mass is 502 g/mol. The molecule has 184 valence electrons. The van der Waals surface area contributed by atoms with E-state index in [9.17, 15) is 8.42 Å². The van der Waals surface area contributed by atoms with Crippen LogP contribution in [0.2, 0.25) is 0 Å². The summed E-state index contributed by atoms with van der Waals surface area (Å²) in [5.74, 6) is 0.435. The van der Waals surface area contributed by atoms with Crippen LogP contribution in [0.1, 0.15) is 19.8 Å². The number of benzene rings is 1. The molecule has 10 heteroatoms. The molecular formula is C26H26N6O3S. The van der Waals surface area contributed by atoms with E-state index in [2.05, 4.69) is 31.2 Å². The smallest absolute Gasteiger partial charge is 0.261 e. The van der Waals surface area contributed by atoms with Crippen LogP contribution in [-0.4, -0.2) is 52.4 Å². The van der Waals surface area contributed by atoms with Crippen LogP contribution in [0.25, 0.3) is 22.3 Å². The fourth-order valence-corrected chi connectivity index (χ4v) is 5.18. The zero-order valence-electron chi connectivity index (χ0n) is 19.8. The molecule has 0 atom stereocenters. The molecule has 0 saturated carbocycles. The second-order valence-corrected chi connectivity index (χ2v) is 10.3. The molecule has 1 N–H and O–H groups in total. The van der Waals surface area contributed by atoms with Gasteiger partial charge in [-0.15, -0.1) is 0 Å². The summed E-state index contributed by atoms with van der Waals surface area (Å²) in [5, 5.41) is 0. The fourth-order valence-electron chi connectivity index (χ4n) is 4.13. The van der Waals surface area contributed by atoms with Crippen LogP contribution in [0.5, 0.6) is 5.88 Å².